The number of carbonyl (C=O) groups excluding carboxylic acids is 1. The SMILES string of the molecule is O=C(Nc1ccncc1)NC1(Cc2cccc(F)c2)CCC1. The largest absolute Gasteiger partial charge is 0.332 e. The molecule has 1 saturated carbocycles. The van der Waals surface area contributed by atoms with E-state index in [1.165, 1.54) is 12.1 Å². The van der Waals surface area contributed by atoms with Gasteiger partial charge in [0.05, 0.1) is 0 Å². The first-order chi connectivity index (χ1) is 10.7. The van der Waals surface area contributed by atoms with Gasteiger partial charge in [0, 0.05) is 23.6 Å². The van der Waals surface area contributed by atoms with Crippen LogP contribution < -0.4 is 10.6 Å². The zero-order valence-electron chi connectivity index (χ0n) is 12.2. The maximum Gasteiger partial charge on any atom is 0.319 e. The molecule has 0 saturated heterocycles. The third kappa shape index (κ3) is 3.42. The topological polar surface area (TPSA) is 54.0 Å². The van der Waals surface area contributed by atoms with Crippen LogP contribution in [0.5, 0.6) is 0 Å². The Morgan fingerprint density at radius 1 is 1.23 bits per heavy atom. The molecule has 0 unspecified atom stereocenters. The second-order valence-corrected chi connectivity index (χ2v) is 5.76. The summed E-state index contributed by atoms with van der Waals surface area (Å²) in [5, 5.41) is 5.85. The van der Waals surface area contributed by atoms with E-state index in [2.05, 4.69) is 15.6 Å². The van der Waals surface area contributed by atoms with Crippen molar-refractivity contribution in [1.29, 1.82) is 0 Å². The number of amides is 2. The highest BCUT2D eigenvalue weighted by atomic mass is 19.1. The van der Waals surface area contributed by atoms with Crippen molar-refractivity contribution >= 4 is 11.7 Å². The normalized spacial score (nSPS) is 15.7. The van der Waals surface area contributed by atoms with Gasteiger partial charge in [-0.2, -0.15) is 0 Å². The van der Waals surface area contributed by atoms with Gasteiger partial charge in [-0.1, -0.05) is 12.1 Å². The van der Waals surface area contributed by atoms with Gasteiger partial charge in [0.25, 0.3) is 0 Å². The molecule has 0 bridgehead atoms. The number of urea groups is 1. The van der Waals surface area contributed by atoms with E-state index in [9.17, 15) is 9.18 Å². The summed E-state index contributed by atoms with van der Waals surface area (Å²) in [5.74, 6) is -0.242. The molecule has 5 heteroatoms. The summed E-state index contributed by atoms with van der Waals surface area (Å²) in [6.45, 7) is 0. The predicted octanol–water partition coefficient (Wildman–Crippen LogP) is 3.51. The number of halogens is 1. The molecule has 1 aromatic carbocycles. The van der Waals surface area contributed by atoms with Gasteiger partial charge in [-0.3, -0.25) is 4.98 Å². The molecule has 2 N–H and O–H groups in total. The standard InChI is InChI=1S/C17H18FN3O/c18-14-4-1-3-13(11-14)12-17(7-2-8-17)21-16(22)20-15-5-9-19-10-6-15/h1,3-6,9-11H,2,7-8,12H2,(H2,19,20,21,22). The van der Waals surface area contributed by atoms with E-state index in [1.807, 2.05) is 6.07 Å². The Morgan fingerprint density at radius 2 is 2.00 bits per heavy atom. The zero-order valence-corrected chi connectivity index (χ0v) is 12.2. The number of anilines is 1. The summed E-state index contributed by atoms with van der Waals surface area (Å²) in [6, 6.07) is 9.80. The van der Waals surface area contributed by atoms with Crippen LogP contribution in [0.4, 0.5) is 14.9 Å². The highest BCUT2D eigenvalue weighted by molar-refractivity contribution is 5.89. The average Bonchev–Trinajstić information content (AvgIpc) is 2.46. The number of rotatable bonds is 4. The first-order valence-electron chi connectivity index (χ1n) is 7.39. The van der Waals surface area contributed by atoms with Crippen LogP contribution in [0.3, 0.4) is 0 Å². The van der Waals surface area contributed by atoms with Crippen molar-refractivity contribution < 1.29 is 9.18 Å². The van der Waals surface area contributed by atoms with E-state index in [0.29, 0.717) is 12.1 Å². The summed E-state index contributed by atoms with van der Waals surface area (Å²) >= 11 is 0. The molecule has 0 radical (unpaired) electrons. The van der Waals surface area contributed by atoms with E-state index >= 15 is 0 Å². The van der Waals surface area contributed by atoms with Crippen LogP contribution in [0.25, 0.3) is 0 Å². The van der Waals surface area contributed by atoms with Gasteiger partial charge in [-0.25, -0.2) is 9.18 Å². The molecule has 0 spiro atoms. The Morgan fingerprint density at radius 3 is 2.64 bits per heavy atom. The van der Waals surface area contributed by atoms with Gasteiger partial charge >= 0.3 is 6.03 Å². The average molecular weight is 299 g/mol. The molecule has 0 atom stereocenters. The molecule has 4 nitrogen and oxygen atoms in total. The fourth-order valence-corrected chi connectivity index (χ4v) is 2.83. The first-order valence-corrected chi connectivity index (χ1v) is 7.39. The predicted molar refractivity (Wildman–Crippen MR) is 83.1 cm³/mol. The number of hydrogen-bond acceptors (Lipinski definition) is 2. The number of nitrogens with one attached hydrogen (secondary N) is 2. The van der Waals surface area contributed by atoms with Crippen LogP contribution >= 0.6 is 0 Å². The Kier molecular flexibility index (Phi) is 4.04. The molecule has 1 fully saturated rings. The molecule has 3 rings (SSSR count). The molecular formula is C17H18FN3O. The van der Waals surface area contributed by atoms with Crippen LogP contribution in [0.2, 0.25) is 0 Å². The van der Waals surface area contributed by atoms with Crippen molar-refractivity contribution in [3.05, 3.63) is 60.2 Å². The molecule has 2 amide bonds. The number of nitrogens with zero attached hydrogens (tertiary/aromatic N) is 1. The van der Waals surface area contributed by atoms with E-state index in [4.69, 9.17) is 0 Å². The Hall–Kier alpha value is -2.43. The monoisotopic (exact) mass is 299 g/mol. The minimum absolute atomic E-state index is 0.234. The molecule has 1 heterocycles. The lowest BCUT2D eigenvalue weighted by molar-refractivity contribution is 0.183. The molecular weight excluding hydrogens is 281 g/mol. The van der Waals surface area contributed by atoms with Crippen molar-refractivity contribution in [2.24, 2.45) is 0 Å². The lowest BCUT2D eigenvalue weighted by Crippen LogP contribution is -2.56. The van der Waals surface area contributed by atoms with E-state index in [1.54, 1.807) is 30.6 Å². The summed E-state index contributed by atoms with van der Waals surface area (Å²) in [6.07, 6.45) is 6.79. The van der Waals surface area contributed by atoms with Gasteiger partial charge in [0.1, 0.15) is 5.82 Å². The molecule has 1 aliphatic rings. The van der Waals surface area contributed by atoms with E-state index < -0.39 is 0 Å². The maximum atomic E-state index is 13.3. The van der Waals surface area contributed by atoms with E-state index in [0.717, 1.165) is 24.8 Å². The van der Waals surface area contributed by atoms with E-state index in [-0.39, 0.29) is 17.4 Å². The molecule has 114 valence electrons. The minimum atomic E-state index is -0.273. The summed E-state index contributed by atoms with van der Waals surface area (Å²) in [5.41, 5.74) is 1.34. The van der Waals surface area contributed by atoms with Gasteiger partial charge < -0.3 is 10.6 Å². The summed E-state index contributed by atoms with van der Waals surface area (Å²) in [4.78, 5) is 16.1. The first kappa shape index (κ1) is 14.5. The van der Waals surface area contributed by atoms with Crippen LogP contribution in [0, 0.1) is 5.82 Å². The molecule has 1 aromatic heterocycles. The molecule has 1 aliphatic carbocycles. The third-order valence-electron chi connectivity index (χ3n) is 4.06. The van der Waals surface area contributed by atoms with Gasteiger partial charge in [0.15, 0.2) is 0 Å². The van der Waals surface area contributed by atoms with Crippen molar-refractivity contribution in [3.63, 3.8) is 0 Å². The Balaban J connectivity index is 1.64. The van der Waals surface area contributed by atoms with Crippen LogP contribution in [-0.4, -0.2) is 16.6 Å². The maximum absolute atomic E-state index is 13.3. The Bertz CT molecular complexity index is 656. The fourth-order valence-electron chi connectivity index (χ4n) is 2.83. The lowest BCUT2D eigenvalue weighted by Gasteiger charge is -2.42. The second kappa shape index (κ2) is 6.13. The highest BCUT2D eigenvalue weighted by Gasteiger charge is 2.38. The lowest BCUT2D eigenvalue weighted by atomic mass is 9.73. The minimum Gasteiger partial charge on any atom is -0.332 e. The number of hydrogen-bond donors (Lipinski definition) is 2. The van der Waals surface area contributed by atoms with Crippen LogP contribution in [0.1, 0.15) is 24.8 Å². The zero-order chi connectivity index (χ0) is 15.4. The smallest absolute Gasteiger partial charge is 0.319 e. The van der Waals surface area contributed by atoms with Crippen molar-refractivity contribution in [2.75, 3.05) is 5.32 Å². The third-order valence-corrected chi connectivity index (χ3v) is 4.06. The number of carbonyl (C=O) groups is 1. The van der Waals surface area contributed by atoms with Crippen molar-refractivity contribution in [1.82, 2.24) is 10.3 Å². The number of benzene rings is 1. The van der Waals surface area contributed by atoms with Crippen molar-refractivity contribution in [3.8, 4) is 0 Å². The highest BCUT2D eigenvalue weighted by Crippen LogP contribution is 2.35. The van der Waals surface area contributed by atoms with Crippen LogP contribution in [0.15, 0.2) is 48.8 Å². The Labute approximate surface area is 128 Å². The molecule has 2 aromatic rings. The van der Waals surface area contributed by atoms with Gasteiger partial charge in [-0.15, -0.1) is 0 Å². The van der Waals surface area contributed by atoms with Crippen molar-refractivity contribution in [2.45, 2.75) is 31.2 Å². The quantitative estimate of drug-likeness (QED) is 0.907. The fraction of sp³-hybridized carbons (Fsp3) is 0.294. The number of pyridine rings is 1. The second-order valence-electron chi connectivity index (χ2n) is 5.76. The molecule has 22 heavy (non-hydrogen) atoms. The summed E-state index contributed by atoms with van der Waals surface area (Å²) in [7, 11) is 0. The van der Waals surface area contributed by atoms with Gasteiger partial charge in [0.2, 0.25) is 0 Å². The van der Waals surface area contributed by atoms with Crippen LogP contribution in [-0.2, 0) is 6.42 Å². The summed E-state index contributed by atoms with van der Waals surface area (Å²) < 4.78 is 13.3. The number of aromatic nitrogens is 1. The molecule has 0 aliphatic heterocycles. The van der Waals surface area contributed by atoms with Gasteiger partial charge in [-0.05, 0) is 55.5 Å².